The highest BCUT2D eigenvalue weighted by Gasteiger charge is 2.28. The Bertz CT molecular complexity index is 378. The molecule has 0 aromatic carbocycles. The van der Waals surface area contributed by atoms with Crippen molar-refractivity contribution in [2.45, 2.75) is 18.9 Å². The van der Waals surface area contributed by atoms with Gasteiger partial charge < -0.3 is 15.4 Å². The van der Waals surface area contributed by atoms with Crippen LogP contribution in [0, 0.1) is 5.92 Å². The number of nitrogens with zero attached hydrogens (tertiary/aromatic N) is 1. The maximum atomic E-state index is 12.3. The fourth-order valence-corrected chi connectivity index (χ4v) is 3.14. The van der Waals surface area contributed by atoms with Gasteiger partial charge in [0.1, 0.15) is 6.04 Å². The van der Waals surface area contributed by atoms with E-state index in [0.717, 1.165) is 37.4 Å². The molecule has 18 heavy (non-hydrogen) atoms. The van der Waals surface area contributed by atoms with Crippen molar-refractivity contribution in [3.05, 3.63) is 22.4 Å². The Morgan fingerprint density at radius 1 is 1.72 bits per heavy atom. The van der Waals surface area contributed by atoms with E-state index in [1.54, 1.807) is 7.11 Å². The van der Waals surface area contributed by atoms with E-state index >= 15 is 0 Å². The van der Waals surface area contributed by atoms with Crippen LogP contribution in [0.3, 0.4) is 0 Å². The molecule has 0 saturated carbocycles. The van der Waals surface area contributed by atoms with Gasteiger partial charge in [0, 0.05) is 25.1 Å². The van der Waals surface area contributed by atoms with Crippen LogP contribution >= 0.6 is 11.3 Å². The lowest BCUT2D eigenvalue weighted by molar-refractivity contribution is -0.134. The minimum absolute atomic E-state index is 0.0400. The van der Waals surface area contributed by atoms with Crippen molar-refractivity contribution in [1.82, 2.24) is 4.90 Å². The minimum Gasteiger partial charge on any atom is -0.384 e. The van der Waals surface area contributed by atoms with Gasteiger partial charge in [-0.3, -0.25) is 4.79 Å². The number of likely N-dealkylation sites (tertiary alicyclic amines) is 1. The van der Waals surface area contributed by atoms with Gasteiger partial charge in [0.25, 0.3) is 0 Å². The molecule has 100 valence electrons. The standard InChI is InChI=1S/C13H20N2O2S/c1-17-9-10-4-2-6-15(8-10)13(16)12(14)11-5-3-7-18-11/h3,5,7,10,12H,2,4,6,8-9,14H2,1H3. The topological polar surface area (TPSA) is 55.6 Å². The molecule has 2 rings (SSSR count). The van der Waals surface area contributed by atoms with E-state index < -0.39 is 6.04 Å². The minimum atomic E-state index is -0.508. The number of carbonyl (C=O) groups excluding carboxylic acids is 1. The first-order valence-corrected chi connectivity index (χ1v) is 7.17. The molecule has 1 aromatic rings. The maximum Gasteiger partial charge on any atom is 0.244 e. The van der Waals surface area contributed by atoms with Gasteiger partial charge in [0.15, 0.2) is 0 Å². The van der Waals surface area contributed by atoms with Gasteiger partial charge in [-0.15, -0.1) is 11.3 Å². The Morgan fingerprint density at radius 2 is 2.56 bits per heavy atom. The third-order valence-corrected chi connectivity index (χ3v) is 4.30. The highest BCUT2D eigenvalue weighted by molar-refractivity contribution is 7.10. The van der Waals surface area contributed by atoms with Gasteiger partial charge in [-0.1, -0.05) is 6.07 Å². The van der Waals surface area contributed by atoms with E-state index in [-0.39, 0.29) is 5.91 Å². The van der Waals surface area contributed by atoms with Crippen molar-refractivity contribution in [3.8, 4) is 0 Å². The maximum absolute atomic E-state index is 12.3. The number of thiophene rings is 1. The molecule has 1 aromatic heterocycles. The van der Waals surface area contributed by atoms with Crippen molar-refractivity contribution < 1.29 is 9.53 Å². The summed E-state index contributed by atoms with van der Waals surface area (Å²) in [4.78, 5) is 15.1. The fraction of sp³-hybridized carbons (Fsp3) is 0.615. The molecule has 1 aliphatic heterocycles. The normalized spacial score (nSPS) is 21.9. The lowest BCUT2D eigenvalue weighted by atomic mass is 9.98. The summed E-state index contributed by atoms with van der Waals surface area (Å²) < 4.78 is 5.17. The number of hydrogen-bond donors (Lipinski definition) is 1. The molecule has 0 spiro atoms. The number of ether oxygens (including phenoxy) is 1. The Labute approximate surface area is 112 Å². The molecule has 2 heterocycles. The van der Waals surface area contributed by atoms with Crippen LogP contribution in [-0.2, 0) is 9.53 Å². The third kappa shape index (κ3) is 3.10. The first kappa shape index (κ1) is 13.5. The molecule has 2 atom stereocenters. The zero-order chi connectivity index (χ0) is 13.0. The summed E-state index contributed by atoms with van der Waals surface area (Å²) in [6.07, 6.45) is 2.17. The molecular formula is C13H20N2O2S. The zero-order valence-corrected chi connectivity index (χ0v) is 11.5. The zero-order valence-electron chi connectivity index (χ0n) is 10.7. The first-order chi connectivity index (χ1) is 8.72. The van der Waals surface area contributed by atoms with E-state index in [9.17, 15) is 4.79 Å². The van der Waals surface area contributed by atoms with Crippen LogP contribution in [0.4, 0.5) is 0 Å². The van der Waals surface area contributed by atoms with Crippen LogP contribution < -0.4 is 5.73 Å². The monoisotopic (exact) mass is 268 g/mol. The summed E-state index contributed by atoms with van der Waals surface area (Å²) in [6.45, 7) is 2.31. The molecule has 0 aliphatic carbocycles. The molecule has 5 heteroatoms. The van der Waals surface area contributed by atoms with Crippen molar-refractivity contribution in [2.75, 3.05) is 26.8 Å². The Kier molecular flexibility index (Phi) is 4.74. The molecule has 2 unspecified atom stereocenters. The predicted molar refractivity (Wildman–Crippen MR) is 72.4 cm³/mol. The van der Waals surface area contributed by atoms with Crippen LogP contribution in [0.1, 0.15) is 23.8 Å². The Balaban J connectivity index is 1.96. The number of methoxy groups -OCH3 is 1. The van der Waals surface area contributed by atoms with E-state index in [2.05, 4.69) is 0 Å². The number of carbonyl (C=O) groups is 1. The number of nitrogens with two attached hydrogens (primary N) is 1. The second-order valence-corrected chi connectivity index (χ2v) is 5.72. The third-order valence-electron chi connectivity index (χ3n) is 3.35. The average molecular weight is 268 g/mol. The Morgan fingerprint density at radius 3 is 3.22 bits per heavy atom. The summed E-state index contributed by atoms with van der Waals surface area (Å²) in [5.41, 5.74) is 6.02. The molecule has 2 N–H and O–H groups in total. The lowest BCUT2D eigenvalue weighted by Crippen LogP contribution is -2.45. The smallest absolute Gasteiger partial charge is 0.244 e. The van der Waals surface area contributed by atoms with Crippen molar-refractivity contribution >= 4 is 17.2 Å². The van der Waals surface area contributed by atoms with Crippen LogP contribution in [0.5, 0.6) is 0 Å². The average Bonchev–Trinajstić information content (AvgIpc) is 2.91. The van der Waals surface area contributed by atoms with E-state index in [4.69, 9.17) is 10.5 Å². The van der Waals surface area contributed by atoms with Crippen molar-refractivity contribution in [1.29, 1.82) is 0 Å². The second-order valence-electron chi connectivity index (χ2n) is 4.74. The van der Waals surface area contributed by atoms with Crippen LogP contribution in [0.25, 0.3) is 0 Å². The van der Waals surface area contributed by atoms with Gasteiger partial charge in [-0.2, -0.15) is 0 Å². The van der Waals surface area contributed by atoms with Crippen LogP contribution in [-0.4, -0.2) is 37.6 Å². The lowest BCUT2D eigenvalue weighted by Gasteiger charge is -2.33. The van der Waals surface area contributed by atoms with Gasteiger partial charge in [0.05, 0.1) is 6.61 Å². The van der Waals surface area contributed by atoms with Crippen LogP contribution in [0.2, 0.25) is 0 Å². The number of amides is 1. The van der Waals surface area contributed by atoms with E-state index in [1.807, 2.05) is 22.4 Å². The van der Waals surface area contributed by atoms with Gasteiger partial charge in [-0.05, 0) is 30.2 Å². The molecule has 1 fully saturated rings. The molecular weight excluding hydrogens is 248 g/mol. The molecule has 4 nitrogen and oxygen atoms in total. The number of piperidine rings is 1. The van der Waals surface area contributed by atoms with Gasteiger partial charge in [-0.25, -0.2) is 0 Å². The largest absolute Gasteiger partial charge is 0.384 e. The molecule has 1 amide bonds. The van der Waals surface area contributed by atoms with Gasteiger partial charge in [0.2, 0.25) is 5.91 Å². The van der Waals surface area contributed by atoms with Crippen LogP contribution in [0.15, 0.2) is 17.5 Å². The quantitative estimate of drug-likeness (QED) is 0.903. The Hall–Kier alpha value is -0.910. The summed E-state index contributed by atoms with van der Waals surface area (Å²) >= 11 is 1.54. The van der Waals surface area contributed by atoms with Crippen molar-refractivity contribution in [3.63, 3.8) is 0 Å². The molecule has 0 radical (unpaired) electrons. The SMILES string of the molecule is COCC1CCCN(C(=O)C(N)c2cccs2)C1. The molecule has 0 bridgehead atoms. The molecule has 1 aliphatic rings. The second kappa shape index (κ2) is 6.31. The number of hydrogen-bond acceptors (Lipinski definition) is 4. The predicted octanol–water partition coefficient (Wildman–Crippen LogP) is 1.63. The van der Waals surface area contributed by atoms with E-state index in [0.29, 0.717) is 5.92 Å². The highest BCUT2D eigenvalue weighted by Crippen LogP contribution is 2.23. The summed E-state index contributed by atoms with van der Waals surface area (Å²) in [5.74, 6) is 0.487. The fourth-order valence-electron chi connectivity index (χ4n) is 2.42. The summed E-state index contributed by atoms with van der Waals surface area (Å²) in [6, 6.07) is 3.34. The van der Waals surface area contributed by atoms with Gasteiger partial charge >= 0.3 is 0 Å². The summed E-state index contributed by atoms with van der Waals surface area (Å²) in [5, 5.41) is 1.95. The summed E-state index contributed by atoms with van der Waals surface area (Å²) in [7, 11) is 1.71. The number of rotatable bonds is 4. The molecule has 1 saturated heterocycles. The van der Waals surface area contributed by atoms with Crippen molar-refractivity contribution in [2.24, 2.45) is 11.7 Å². The highest BCUT2D eigenvalue weighted by atomic mass is 32.1. The first-order valence-electron chi connectivity index (χ1n) is 6.29. The van der Waals surface area contributed by atoms with E-state index in [1.165, 1.54) is 11.3 Å².